The van der Waals surface area contributed by atoms with Crippen LogP contribution in [0.4, 0.5) is 4.79 Å². The van der Waals surface area contributed by atoms with E-state index in [1.165, 1.54) is 10.5 Å². The van der Waals surface area contributed by atoms with Crippen LogP contribution in [0.15, 0.2) is 36.4 Å². The van der Waals surface area contributed by atoms with Gasteiger partial charge < -0.3 is 30.3 Å². The third-order valence-corrected chi connectivity index (χ3v) is 9.12. The zero-order chi connectivity index (χ0) is 30.7. The Morgan fingerprint density at radius 1 is 1.12 bits per heavy atom. The summed E-state index contributed by atoms with van der Waals surface area (Å²) in [4.78, 5) is 68.8. The van der Waals surface area contributed by atoms with Gasteiger partial charge in [0.2, 0.25) is 17.7 Å². The molecular formula is C32H42N4O7. The van der Waals surface area contributed by atoms with E-state index in [9.17, 15) is 29.1 Å². The number of carboxylic acid groups (broad SMARTS) is 1. The smallest absolute Gasteiger partial charge is 0.410 e. The van der Waals surface area contributed by atoms with Crippen molar-refractivity contribution in [1.29, 1.82) is 0 Å². The van der Waals surface area contributed by atoms with Crippen molar-refractivity contribution in [3.8, 4) is 0 Å². The van der Waals surface area contributed by atoms with Crippen LogP contribution in [0.2, 0.25) is 0 Å². The van der Waals surface area contributed by atoms with E-state index in [1.54, 1.807) is 18.7 Å². The van der Waals surface area contributed by atoms with Crippen LogP contribution in [0.3, 0.4) is 0 Å². The number of fused-ring (bicyclic) bond motifs is 3. The van der Waals surface area contributed by atoms with Crippen LogP contribution in [-0.4, -0.2) is 81.5 Å². The lowest BCUT2D eigenvalue weighted by atomic mass is 10.0. The number of rotatable bonds is 4. The van der Waals surface area contributed by atoms with Gasteiger partial charge >= 0.3 is 12.1 Å². The van der Waals surface area contributed by atoms with Crippen molar-refractivity contribution in [2.75, 3.05) is 13.1 Å². The fourth-order valence-electron chi connectivity index (χ4n) is 6.35. The molecule has 11 heteroatoms. The molecule has 5 rings (SSSR count). The van der Waals surface area contributed by atoms with Gasteiger partial charge in [0.15, 0.2) is 0 Å². The topological polar surface area (TPSA) is 145 Å². The summed E-state index contributed by atoms with van der Waals surface area (Å²) < 4.78 is 5.87. The summed E-state index contributed by atoms with van der Waals surface area (Å²) >= 11 is 0. The molecule has 0 bridgehead atoms. The minimum Gasteiger partial charge on any atom is -0.479 e. The number of nitrogens with zero attached hydrogens (tertiary/aromatic N) is 2. The first-order chi connectivity index (χ1) is 20.6. The SMILES string of the molecule is CC(C)C(=O)N[C@H]1CCCCC/C=C/[C@@H]2C[C@@]2(C(=O)O)NC(=O)[C@@H]2C[C@@H](OC(=O)N3CCc4ccccc4C3)CN2C1=O. The molecule has 11 nitrogen and oxygen atoms in total. The van der Waals surface area contributed by atoms with Crippen LogP contribution in [0.5, 0.6) is 0 Å². The number of benzene rings is 1. The minimum absolute atomic E-state index is 0.0233. The van der Waals surface area contributed by atoms with Gasteiger partial charge in [-0.3, -0.25) is 14.4 Å². The third-order valence-electron chi connectivity index (χ3n) is 9.12. The summed E-state index contributed by atoms with van der Waals surface area (Å²) in [6.45, 7) is 4.38. The first kappa shape index (κ1) is 30.6. The lowest BCUT2D eigenvalue weighted by Gasteiger charge is -2.30. The quantitative estimate of drug-likeness (QED) is 0.455. The second kappa shape index (κ2) is 12.8. The van der Waals surface area contributed by atoms with Crippen LogP contribution < -0.4 is 10.6 Å². The fourth-order valence-corrected chi connectivity index (χ4v) is 6.35. The molecule has 3 aliphatic heterocycles. The first-order valence-electron chi connectivity index (χ1n) is 15.4. The summed E-state index contributed by atoms with van der Waals surface area (Å²) in [5.74, 6) is -3.08. The zero-order valence-electron chi connectivity index (χ0n) is 24.9. The summed E-state index contributed by atoms with van der Waals surface area (Å²) in [7, 11) is 0. The molecule has 4 aliphatic rings. The molecule has 4 amide bonds. The average Bonchev–Trinajstić information content (AvgIpc) is 3.52. The van der Waals surface area contributed by atoms with E-state index in [-0.39, 0.29) is 37.1 Å². The van der Waals surface area contributed by atoms with Gasteiger partial charge in [-0.15, -0.1) is 0 Å². The normalized spacial score (nSPS) is 30.1. The standard InChI is InChI=1S/C32H42N4O7/c1-20(2)27(37)33-25-13-7-5-3-4-6-12-23-17-32(23,30(40)41)34-28(38)26-16-24(19-36(26)29(25)39)43-31(42)35-15-14-21-10-8-9-11-22(21)18-35/h6,8-12,20,23-26H,3-5,7,13-19H2,1-2H3,(H,33,37)(H,34,38)(H,40,41)/b12-6+/t23-,24-,25+,26+,32-/m1/s1. The highest BCUT2D eigenvalue weighted by atomic mass is 16.6. The molecule has 1 aliphatic carbocycles. The highest BCUT2D eigenvalue weighted by Crippen LogP contribution is 2.45. The number of amides is 4. The maximum atomic E-state index is 14.0. The molecule has 0 aromatic heterocycles. The van der Waals surface area contributed by atoms with Crippen molar-refractivity contribution < 1.29 is 33.8 Å². The van der Waals surface area contributed by atoms with Crippen molar-refractivity contribution in [3.63, 3.8) is 0 Å². The summed E-state index contributed by atoms with van der Waals surface area (Å²) in [6, 6.07) is 6.04. The van der Waals surface area contributed by atoms with Crippen molar-refractivity contribution in [3.05, 3.63) is 47.5 Å². The number of allylic oxidation sites excluding steroid dienone is 1. The maximum absolute atomic E-state index is 14.0. The number of carboxylic acids is 1. The Morgan fingerprint density at radius 3 is 2.63 bits per heavy atom. The van der Waals surface area contributed by atoms with Crippen LogP contribution in [0.1, 0.15) is 69.9 Å². The second-order valence-electron chi connectivity index (χ2n) is 12.5. The lowest BCUT2D eigenvalue weighted by molar-refractivity contribution is -0.146. The Hall–Kier alpha value is -3.89. The van der Waals surface area contributed by atoms with E-state index in [0.29, 0.717) is 32.4 Å². The summed E-state index contributed by atoms with van der Waals surface area (Å²) in [5.41, 5.74) is 0.815. The molecule has 3 heterocycles. The molecule has 0 radical (unpaired) electrons. The monoisotopic (exact) mass is 594 g/mol. The fraction of sp³-hybridized carbons (Fsp3) is 0.594. The molecule has 5 atom stereocenters. The van der Waals surface area contributed by atoms with Crippen molar-refractivity contribution in [2.45, 2.75) is 95.5 Å². The highest BCUT2D eigenvalue weighted by molar-refractivity contribution is 5.96. The molecular weight excluding hydrogens is 552 g/mol. The zero-order valence-corrected chi connectivity index (χ0v) is 24.9. The Kier molecular flexibility index (Phi) is 9.08. The van der Waals surface area contributed by atoms with E-state index < -0.39 is 47.6 Å². The number of nitrogens with one attached hydrogen (secondary N) is 2. The van der Waals surface area contributed by atoms with Gasteiger partial charge in [-0.2, -0.15) is 0 Å². The largest absolute Gasteiger partial charge is 0.479 e. The number of aliphatic carboxylic acids is 1. The third kappa shape index (κ3) is 6.70. The molecule has 1 aromatic carbocycles. The van der Waals surface area contributed by atoms with Crippen molar-refractivity contribution in [1.82, 2.24) is 20.4 Å². The molecule has 0 spiro atoms. The van der Waals surface area contributed by atoms with E-state index >= 15 is 0 Å². The van der Waals surface area contributed by atoms with Gasteiger partial charge in [0.05, 0.1) is 6.54 Å². The molecule has 0 unspecified atom stereocenters. The number of hydrogen-bond donors (Lipinski definition) is 3. The lowest BCUT2D eigenvalue weighted by Crippen LogP contribution is -2.56. The molecule has 2 fully saturated rings. The van der Waals surface area contributed by atoms with Crippen molar-refractivity contribution >= 4 is 29.8 Å². The van der Waals surface area contributed by atoms with Gasteiger partial charge in [-0.05, 0) is 43.2 Å². The Bertz CT molecular complexity index is 1300. The summed E-state index contributed by atoms with van der Waals surface area (Å²) in [6.07, 6.45) is 7.11. The molecule has 3 N–H and O–H groups in total. The first-order valence-corrected chi connectivity index (χ1v) is 15.4. The Morgan fingerprint density at radius 2 is 1.88 bits per heavy atom. The predicted molar refractivity (Wildman–Crippen MR) is 157 cm³/mol. The Labute approximate surface area is 252 Å². The van der Waals surface area contributed by atoms with Gasteiger partial charge in [0, 0.05) is 31.3 Å². The number of hydrogen-bond acceptors (Lipinski definition) is 6. The Balaban J connectivity index is 1.36. The average molecular weight is 595 g/mol. The van der Waals surface area contributed by atoms with E-state index in [2.05, 4.69) is 10.6 Å². The number of carbonyl (C=O) groups excluding carboxylic acids is 4. The van der Waals surface area contributed by atoms with Gasteiger partial charge in [-0.1, -0.05) is 63.1 Å². The van der Waals surface area contributed by atoms with E-state index in [0.717, 1.165) is 24.8 Å². The second-order valence-corrected chi connectivity index (χ2v) is 12.5. The molecule has 1 saturated heterocycles. The van der Waals surface area contributed by atoms with Crippen LogP contribution in [0, 0.1) is 11.8 Å². The summed E-state index contributed by atoms with van der Waals surface area (Å²) in [5, 5.41) is 15.6. The minimum atomic E-state index is -1.43. The maximum Gasteiger partial charge on any atom is 0.410 e. The molecule has 43 heavy (non-hydrogen) atoms. The number of ether oxygens (including phenoxy) is 1. The molecule has 232 valence electrons. The number of carbonyl (C=O) groups is 5. The van der Waals surface area contributed by atoms with Crippen LogP contribution in [0.25, 0.3) is 0 Å². The van der Waals surface area contributed by atoms with Gasteiger partial charge in [-0.25, -0.2) is 9.59 Å². The van der Waals surface area contributed by atoms with Gasteiger partial charge in [0.1, 0.15) is 23.7 Å². The predicted octanol–water partition coefficient (Wildman–Crippen LogP) is 2.77. The van der Waals surface area contributed by atoms with E-state index in [4.69, 9.17) is 4.74 Å². The van der Waals surface area contributed by atoms with Gasteiger partial charge in [0.25, 0.3) is 0 Å². The van der Waals surface area contributed by atoms with Crippen LogP contribution >= 0.6 is 0 Å². The van der Waals surface area contributed by atoms with E-state index in [1.807, 2.05) is 36.4 Å². The van der Waals surface area contributed by atoms with Crippen LogP contribution in [-0.2, 0) is 36.9 Å². The highest BCUT2D eigenvalue weighted by Gasteiger charge is 2.61. The molecule has 1 saturated carbocycles. The van der Waals surface area contributed by atoms with Crippen molar-refractivity contribution in [2.24, 2.45) is 11.8 Å². The molecule has 1 aromatic rings.